The van der Waals surface area contributed by atoms with E-state index in [1.54, 1.807) is 26.2 Å². The highest BCUT2D eigenvalue weighted by atomic mass is 16.2. The Hall–Kier alpha value is -5.13. The first kappa shape index (κ1) is 25.2. The summed E-state index contributed by atoms with van der Waals surface area (Å²) in [5.41, 5.74) is 13.4. The SMILES string of the molecule is CC(=O)N1CC=C(c2cc(Cn3cnc4c(N)ncnc43)c3[nH]c(CNC(=O)c4ccnnc4C)cc3c2)CC1. The Bertz CT molecular complexity index is 1800. The highest BCUT2D eigenvalue weighted by Gasteiger charge is 2.18. The third-order valence-corrected chi connectivity index (χ3v) is 7.25. The van der Waals surface area contributed by atoms with Crippen molar-refractivity contribution in [3.63, 3.8) is 0 Å². The summed E-state index contributed by atoms with van der Waals surface area (Å²) in [5, 5.41) is 11.8. The molecule has 0 bridgehead atoms. The summed E-state index contributed by atoms with van der Waals surface area (Å²) >= 11 is 0. The number of nitrogen functional groups attached to an aromatic ring is 1. The lowest BCUT2D eigenvalue weighted by Crippen LogP contribution is -2.32. The van der Waals surface area contributed by atoms with Gasteiger partial charge in [0.1, 0.15) is 11.8 Å². The molecule has 202 valence electrons. The maximum atomic E-state index is 12.8. The summed E-state index contributed by atoms with van der Waals surface area (Å²) in [6.45, 7) is 5.45. The number of hydrogen-bond donors (Lipinski definition) is 3. The second-order valence-corrected chi connectivity index (χ2v) is 9.86. The van der Waals surface area contributed by atoms with Crippen molar-refractivity contribution < 1.29 is 9.59 Å². The zero-order valence-electron chi connectivity index (χ0n) is 22.2. The van der Waals surface area contributed by atoms with Gasteiger partial charge < -0.3 is 25.5 Å². The number of imidazole rings is 1. The van der Waals surface area contributed by atoms with Crippen molar-refractivity contribution in [1.82, 2.24) is 44.9 Å². The Morgan fingerprint density at radius 2 is 2.05 bits per heavy atom. The molecule has 0 saturated heterocycles. The molecule has 0 atom stereocenters. The molecule has 5 heterocycles. The molecular weight excluding hydrogens is 508 g/mol. The number of carbonyl (C=O) groups excluding carboxylic acids is 2. The van der Waals surface area contributed by atoms with Crippen LogP contribution < -0.4 is 11.1 Å². The molecular formula is C28H28N10O2. The Morgan fingerprint density at radius 1 is 1.18 bits per heavy atom. The van der Waals surface area contributed by atoms with Gasteiger partial charge >= 0.3 is 0 Å². The predicted octanol–water partition coefficient (Wildman–Crippen LogP) is 2.60. The first-order valence-corrected chi connectivity index (χ1v) is 12.9. The normalized spacial score (nSPS) is 13.6. The molecule has 5 aromatic rings. The van der Waals surface area contributed by atoms with Crippen molar-refractivity contribution in [3.8, 4) is 0 Å². The zero-order chi connectivity index (χ0) is 27.8. The second-order valence-electron chi connectivity index (χ2n) is 9.86. The van der Waals surface area contributed by atoms with E-state index >= 15 is 0 Å². The van der Waals surface area contributed by atoms with Gasteiger partial charge in [-0.25, -0.2) is 15.0 Å². The topological polar surface area (TPSA) is 161 Å². The summed E-state index contributed by atoms with van der Waals surface area (Å²) in [4.78, 5) is 42.8. The highest BCUT2D eigenvalue weighted by Crippen LogP contribution is 2.30. The lowest BCUT2D eigenvalue weighted by Gasteiger charge is -2.25. The van der Waals surface area contributed by atoms with E-state index in [0.717, 1.165) is 34.1 Å². The minimum absolute atomic E-state index is 0.0785. The summed E-state index contributed by atoms with van der Waals surface area (Å²) in [6, 6.07) is 8.03. The van der Waals surface area contributed by atoms with Crippen molar-refractivity contribution in [3.05, 3.63) is 77.3 Å². The highest BCUT2D eigenvalue weighted by molar-refractivity contribution is 5.95. The molecule has 12 heteroatoms. The number of aromatic nitrogens is 7. The Balaban J connectivity index is 1.35. The van der Waals surface area contributed by atoms with Gasteiger partial charge in [-0.05, 0) is 54.3 Å². The number of amides is 2. The zero-order valence-corrected chi connectivity index (χ0v) is 22.2. The quantitative estimate of drug-likeness (QED) is 0.298. The van der Waals surface area contributed by atoms with Crippen LogP contribution in [0.3, 0.4) is 0 Å². The molecule has 0 fully saturated rings. The third-order valence-electron chi connectivity index (χ3n) is 7.25. The van der Waals surface area contributed by atoms with Crippen LogP contribution in [0.1, 0.15) is 46.2 Å². The van der Waals surface area contributed by atoms with E-state index in [1.807, 2.05) is 9.47 Å². The van der Waals surface area contributed by atoms with Gasteiger partial charge in [-0.1, -0.05) is 6.08 Å². The largest absolute Gasteiger partial charge is 0.382 e. The fourth-order valence-electron chi connectivity index (χ4n) is 5.11. The van der Waals surface area contributed by atoms with Crippen LogP contribution in [0, 0.1) is 6.92 Å². The number of nitrogens with zero attached hydrogens (tertiary/aromatic N) is 7. The van der Waals surface area contributed by atoms with Crippen LogP contribution in [0.25, 0.3) is 27.6 Å². The van der Waals surface area contributed by atoms with Gasteiger partial charge in [0.25, 0.3) is 5.91 Å². The molecule has 2 amide bonds. The van der Waals surface area contributed by atoms with E-state index in [1.165, 1.54) is 18.1 Å². The van der Waals surface area contributed by atoms with Gasteiger partial charge in [0.05, 0.1) is 42.4 Å². The smallest absolute Gasteiger partial charge is 0.253 e. The van der Waals surface area contributed by atoms with E-state index in [2.05, 4.69) is 59.7 Å². The molecule has 4 aromatic heterocycles. The molecule has 0 aliphatic carbocycles. The van der Waals surface area contributed by atoms with E-state index in [4.69, 9.17) is 5.73 Å². The van der Waals surface area contributed by atoms with Crippen LogP contribution in [-0.2, 0) is 17.9 Å². The summed E-state index contributed by atoms with van der Waals surface area (Å²) in [6.07, 6.45) is 7.55. The number of benzene rings is 1. The van der Waals surface area contributed by atoms with E-state index in [-0.39, 0.29) is 11.8 Å². The number of nitrogens with two attached hydrogens (primary N) is 1. The Labute approximate surface area is 229 Å². The van der Waals surface area contributed by atoms with Crippen molar-refractivity contribution in [2.45, 2.75) is 33.4 Å². The fourth-order valence-corrected chi connectivity index (χ4v) is 5.11. The number of nitrogens with one attached hydrogen (secondary N) is 2. The molecule has 0 spiro atoms. The van der Waals surface area contributed by atoms with E-state index in [9.17, 15) is 9.59 Å². The molecule has 40 heavy (non-hydrogen) atoms. The molecule has 1 aromatic carbocycles. The van der Waals surface area contributed by atoms with Crippen LogP contribution >= 0.6 is 0 Å². The molecule has 12 nitrogen and oxygen atoms in total. The average molecular weight is 537 g/mol. The lowest BCUT2D eigenvalue weighted by molar-refractivity contribution is -0.128. The monoisotopic (exact) mass is 536 g/mol. The molecule has 0 unspecified atom stereocenters. The van der Waals surface area contributed by atoms with Crippen molar-refractivity contribution in [1.29, 1.82) is 0 Å². The van der Waals surface area contributed by atoms with Crippen LogP contribution in [0.2, 0.25) is 0 Å². The maximum Gasteiger partial charge on any atom is 0.253 e. The van der Waals surface area contributed by atoms with E-state index in [0.29, 0.717) is 54.4 Å². The summed E-state index contributed by atoms with van der Waals surface area (Å²) in [5.74, 6) is 0.203. The van der Waals surface area contributed by atoms with E-state index < -0.39 is 0 Å². The molecule has 0 saturated carbocycles. The van der Waals surface area contributed by atoms with Crippen molar-refractivity contribution in [2.75, 3.05) is 18.8 Å². The van der Waals surface area contributed by atoms with Crippen LogP contribution in [0.5, 0.6) is 0 Å². The van der Waals surface area contributed by atoms with Crippen LogP contribution in [-0.4, -0.2) is 64.5 Å². The standard InChI is InChI=1S/C28H28N10O2/c1-16-23(3-6-34-36-16)28(40)30-12-22-11-20-9-19(18-4-7-37(8-5-18)17(2)39)10-21(24(20)35-22)13-38-15-33-25-26(29)31-14-32-27(25)38/h3-4,6,9-11,14-15,35H,5,7-8,12-13H2,1-2H3,(H,30,40)(H2,29,31,32). The fraction of sp³-hybridized carbons (Fsp3) is 0.250. The third kappa shape index (κ3) is 4.75. The van der Waals surface area contributed by atoms with Gasteiger partial charge in [0.2, 0.25) is 5.91 Å². The molecule has 4 N–H and O–H groups in total. The Kier molecular flexibility index (Phi) is 6.42. The molecule has 1 aliphatic rings. The minimum Gasteiger partial charge on any atom is -0.382 e. The number of hydrogen-bond acceptors (Lipinski definition) is 8. The number of fused-ring (bicyclic) bond motifs is 2. The summed E-state index contributed by atoms with van der Waals surface area (Å²) in [7, 11) is 0. The number of rotatable bonds is 6. The number of anilines is 1. The molecule has 6 rings (SSSR count). The van der Waals surface area contributed by atoms with Gasteiger partial charge in [-0.15, -0.1) is 0 Å². The number of aryl methyl sites for hydroxylation is 1. The van der Waals surface area contributed by atoms with Crippen molar-refractivity contribution >= 4 is 45.3 Å². The van der Waals surface area contributed by atoms with Gasteiger partial charge in [0.15, 0.2) is 11.5 Å². The van der Waals surface area contributed by atoms with Crippen LogP contribution in [0.4, 0.5) is 5.82 Å². The Morgan fingerprint density at radius 3 is 2.83 bits per heavy atom. The molecule has 1 aliphatic heterocycles. The number of aromatic amines is 1. The average Bonchev–Trinajstić information content (AvgIpc) is 3.57. The van der Waals surface area contributed by atoms with Gasteiger partial charge in [-0.3, -0.25) is 9.59 Å². The maximum absolute atomic E-state index is 12.8. The minimum atomic E-state index is -0.212. The lowest BCUT2D eigenvalue weighted by atomic mass is 9.96. The first-order valence-electron chi connectivity index (χ1n) is 12.9. The molecule has 0 radical (unpaired) electrons. The summed E-state index contributed by atoms with van der Waals surface area (Å²) < 4.78 is 1.94. The second kappa shape index (κ2) is 10.2. The number of H-pyrrole nitrogens is 1. The van der Waals surface area contributed by atoms with Gasteiger partial charge in [0, 0.05) is 31.1 Å². The first-order chi connectivity index (χ1) is 19.4. The predicted molar refractivity (Wildman–Crippen MR) is 150 cm³/mol. The van der Waals surface area contributed by atoms with Gasteiger partial charge in [-0.2, -0.15) is 10.2 Å². The van der Waals surface area contributed by atoms with Crippen molar-refractivity contribution in [2.24, 2.45) is 0 Å². The van der Waals surface area contributed by atoms with Crippen LogP contribution in [0.15, 0.2) is 49.2 Å². The number of carbonyl (C=O) groups is 2.